The molecule has 0 aromatic carbocycles. The van der Waals surface area contributed by atoms with Crippen LogP contribution in [0.15, 0.2) is 18.6 Å². The lowest BCUT2D eigenvalue weighted by Crippen LogP contribution is -2.28. The zero-order valence-electron chi connectivity index (χ0n) is 12.1. The van der Waals surface area contributed by atoms with Gasteiger partial charge in [0, 0.05) is 18.0 Å². The number of nitrogens with one attached hydrogen (secondary N) is 2. The Balaban J connectivity index is 2.21. The van der Waals surface area contributed by atoms with Gasteiger partial charge in [-0.25, -0.2) is 9.97 Å². The van der Waals surface area contributed by atoms with E-state index in [4.69, 9.17) is 0 Å². The second-order valence-corrected chi connectivity index (χ2v) is 5.10. The average Bonchev–Trinajstić information content (AvgIpc) is 2.92. The SMILES string of the molecule is Cc1ncc(C(=O)NC(C)c2cn[nH]c2)c(C(C)C)n1. The highest BCUT2D eigenvalue weighted by Crippen LogP contribution is 2.18. The van der Waals surface area contributed by atoms with Crippen LogP contribution in [0.3, 0.4) is 0 Å². The monoisotopic (exact) mass is 273 g/mol. The van der Waals surface area contributed by atoms with Crippen LogP contribution in [-0.2, 0) is 0 Å². The fourth-order valence-electron chi connectivity index (χ4n) is 1.96. The number of aromatic amines is 1. The molecule has 2 heterocycles. The van der Waals surface area contributed by atoms with Crippen LogP contribution >= 0.6 is 0 Å². The van der Waals surface area contributed by atoms with Crippen molar-refractivity contribution in [2.24, 2.45) is 0 Å². The van der Waals surface area contributed by atoms with E-state index in [0.29, 0.717) is 11.4 Å². The molecule has 0 saturated heterocycles. The summed E-state index contributed by atoms with van der Waals surface area (Å²) in [7, 11) is 0. The number of aryl methyl sites for hydroxylation is 1. The first-order valence-corrected chi connectivity index (χ1v) is 6.62. The van der Waals surface area contributed by atoms with Crippen molar-refractivity contribution in [2.45, 2.75) is 39.7 Å². The van der Waals surface area contributed by atoms with E-state index in [9.17, 15) is 4.79 Å². The summed E-state index contributed by atoms with van der Waals surface area (Å²) < 4.78 is 0. The third-order valence-electron chi connectivity index (χ3n) is 3.10. The van der Waals surface area contributed by atoms with E-state index in [-0.39, 0.29) is 17.9 Å². The average molecular weight is 273 g/mol. The zero-order valence-corrected chi connectivity index (χ0v) is 12.1. The van der Waals surface area contributed by atoms with Gasteiger partial charge < -0.3 is 5.32 Å². The van der Waals surface area contributed by atoms with Crippen molar-refractivity contribution in [3.05, 3.63) is 41.2 Å². The third kappa shape index (κ3) is 3.01. The van der Waals surface area contributed by atoms with Gasteiger partial charge in [-0.1, -0.05) is 13.8 Å². The molecule has 1 atom stereocenters. The number of rotatable bonds is 4. The normalized spacial score (nSPS) is 12.4. The minimum atomic E-state index is -0.164. The Morgan fingerprint density at radius 2 is 2.05 bits per heavy atom. The molecule has 1 amide bonds. The van der Waals surface area contributed by atoms with E-state index in [0.717, 1.165) is 11.3 Å². The van der Waals surface area contributed by atoms with Crippen LogP contribution in [0.4, 0.5) is 0 Å². The Labute approximate surface area is 118 Å². The number of aromatic nitrogens is 4. The van der Waals surface area contributed by atoms with Gasteiger partial charge in [0.05, 0.1) is 23.5 Å². The van der Waals surface area contributed by atoms with E-state index in [1.54, 1.807) is 18.6 Å². The van der Waals surface area contributed by atoms with Gasteiger partial charge in [0.1, 0.15) is 5.82 Å². The zero-order chi connectivity index (χ0) is 14.7. The van der Waals surface area contributed by atoms with E-state index in [2.05, 4.69) is 25.5 Å². The molecule has 2 N–H and O–H groups in total. The summed E-state index contributed by atoms with van der Waals surface area (Å²) >= 11 is 0. The highest BCUT2D eigenvalue weighted by atomic mass is 16.1. The van der Waals surface area contributed by atoms with E-state index in [1.165, 1.54) is 0 Å². The number of nitrogens with zero attached hydrogens (tertiary/aromatic N) is 3. The van der Waals surface area contributed by atoms with Crippen molar-refractivity contribution < 1.29 is 4.79 Å². The number of hydrogen-bond donors (Lipinski definition) is 2. The molecule has 0 aliphatic carbocycles. The molecule has 2 rings (SSSR count). The predicted octanol–water partition coefficient (Wildman–Crippen LogP) is 2.12. The van der Waals surface area contributed by atoms with Crippen LogP contribution in [0, 0.1) is 6.92 Å². The number of carbonyl (C=O) groups excluding carboxylic acids is 1. The minimum absolute atomic E-state index is 0.123. The number of H-pyrrole nitrogens is 1. The van der Waals surface area contributed by atoms with Gasteiger partial charge in [-0.2, -0.15) is 5.10 Å². The third-order valence-corrected chi connectivity index (χ3v) is 3.10. The van der Waals surface area contributed by atoms with Gasteiger partial charge >= 0.3 is 0 Å². The molecule has 0 spiro atoms. The first-order valence-electron chi connectivity index (χ1n) is 6.62. The Kier molecular flexibility index (Phi) is 4.12. The second-order valence-electron chi connectivity index (χ2n) is 5.10. The molecule has 2 aromatic rings. The molecule has 6 nitrogen and oxygen atoms in total. The summed E-state index contributed by atoms with van der Waals surface area (Å²) in [5, 5.41) is 9.55. The van der Waals surface area contributed by atoms with Crippen LogP contribution < -0.4 is 5.32 Å². The Bertz CT molecular complexity index is 592. The van der Waals surface area contributed by atoms with Crippen LogP contribution in [0.25, 0.3) is 0 Å². The standard InChI is InChI=1S/C14H19N5O/c1-8(2)13-12(7-15-10(4)19-13)14(20)18-9(3)11-5-16-17-6-11/h5-9H,1-4H3,(H,16,17)(H,18,20). The maximum atomic E-state index is 12.4. The van der Waals surface area contributed by atoms with Crippen molar-refractivity contribution >= 4 is 5.91 Å². The number of amides is 1. The first-order chi connectivity index (χ1) is 9.49. The fraction of sp³-hybridized carbons (Fsp3) is 0.429. The molecule has 0 aliphatic rings. The number of carbonyl (C=O) groups is 1. The van der Waals surface area contributed by atoms with Crippen molar-refractivity contribution in [3.8, 4) is 0 Å². The smallest absolute Gasteiger partial charge is 0.255 e. The summed E-state index contributed by atoms with van der Waals surface area (Å²) in [4.78, 5) is 20.9. The van der Waals surface area contributed by atoms with Crippen molar-refractivity contribution in [2.75, 3.05) is 0 Å². The quantitative estimate of drug-likeness (QED) is 0.893. The van der Waals surface area contributed by atoms with Gasteiger partial charge in [-0.3, -0.25) is 9.89 Å². The summed E-state index contributed by atoms with van der Waals surface area (Å²) in [5.41, 5.74) is 2.23. The molecule has 6 heteroatoms. The van der Waals surface area contributed by atoms with Gasteiger partial charge in [0.25, 0.3) is 5.91 Å². The van der Waals surface area contributed by atoms with Crippen molar-refractivity contribution in [1.82, 2.24) is 25.5 Å². The highest BCUT2D eigenvalue weighted by molar-refractivity contribution is 5.95. The molecule has 20 heavy (non-hydrogen) atoms. The maximum Gasteiger partial charge on any atom is 0.255 e. The molecule has 2 aromatic heterocycles. The van der Waals surface area contributed by atoms with Crippen molar-refractivity contribution in [3.63, 3.8) is 0 Å². The predicted molar refractivity (Wildman–Crippen MR) is 75.3 cm³/mol. The van der Waals surface area contributed by atoms with Gasteiger partial charge in [-0.15, -0.1) is 0 Å². The van der Waals surface area contributed by atoms with Crippen LogP contribution in [0.2, 0.25) is 0 Å². The van der Waals surface area contributed by atoms with E-state index >= 15 is 0 Å². The molecule has 0 aliphatic heterocycles. The molecule has 0 radical (unpaired) electrons. The Morgan fingerprint density at radius 3 is 2.65 bits per heavy atom. The molecule has 1 unspecified atom stereocenters. The van der Waals surface area contributed by atoms with E-state index in [1.807, 2.05) is 27.7 Å². The molecule has 0 saturated carbocycles. The van der Waals surface area contributed by atoms with Crippen LogP contribution in [0.1, 0.15) is 60.2 Å². The molecular weight excluding hydrogens is 254 g/mol. The Morgan fingerprint density at radius 1 is 1.30 bits per heavy atom. The lowest BCUT2D eigenvalue weighted by atomic mass is 10.0. The summed E-state index contributed by atoms with van der Waals surface area (Å²) in [6.45, 7) is 7.75. The van der Waals surface area contributed by atoms with Crippen molar-refractivity contribution in [1.29, 1.82) is 0 Å². The minimum Gasteiger partial charge on any atom is -0.345 e. The lowest BCUT2D eigenvalue weighted by Gasteiger charge is -2.15. The molecule has 106 valence electrons. The maximum absolute atomic E-state index is 12.4. The topological polar surface area (TPSA) is 83.6 Å². The molecule has 0 bridgehead atoms. The molecular formula is C14H19N5O. The summed E-state index contributed by atoms with van der Waals surface area (Å²) in [6, 6.07) is -0.123. The number of hydrogen-bond acceptors (Lipinski definition) is 4. The van der Waals surface area contributed by atoms with Gasteiger partial charge in [0.15, 0.2) is 0 Å². The lowest BCUT2D eigenvalue weighted by molar-refractivity contribution is 0.0937. The van der Waals surface area contributed by atoms with Gasteiger partial charge in [0.2, 0.25) is 0 Å². The Hall–Kier alpha value is -2.24. The highest BCUT2D eigenvalue weighted by Gasteiger charge is 2.18. The van der Waals surface area contributed by atoms with Crippen LogP contribution in [0.5, 0.6) is 0 Å². The van der Waals surface area contributed by atoms with Gasteiger partial charge in [-0.05, 0) is 19.8 Å². The largest absolute Gasteiger partial charge is 0.345 e. The summed E-state index contributed by atoms with van der Waals surface area (Å²) in [6.07, 6.45) is 5.05. The first kappa shape index (κ1) is 14.2. The fourth-order valence-corrected chi connectivity index (χ4v) is 1.96. The molecule has 0 fully saturated rings. The second kappa shape index (κ2) is 5.81. The van der Waals surface area contributed by atoms with Crippen LogP contribution in [-0.4, -0.2) is 26.1 Å². The summed E-state index contributed by atoms with van der Waals surface area (Å²) in [5.74, 6) is 0.678. The van der Waals surface area contributed by atoms with E-state index < -0.39 is 0 Å².